The van der Waals surface area contributed by atoms with Crippen LogP contribution in [0, 0.1) is 5.92 Å². The molecule has 3 atom stereocenters. The van der Waals surface area contributed by atoms with Gasteiger partial charge in [-0.3, -0.25) is 29.3 Å². The molecular weight excluding hydrogens is 1150 g/mol. The Balaban J connectivity index is -0.0000000970. The fourth-order valence-electron chi connectivity index (χ4n) is 8.27. The van der Waals surface area contributed by atoms with Crippen molar-refractivity contribution in [2.24, 2.45) is 5.92 Å². The molecule has 0 bridgehead atoms. The Hall–Kier alpha value is 1.01. The standard InChI is InChI=1S/C10H19NO.C10H17NO.C9H15Br2NO.C9H17NO.C2H4O2.2CH4O.CH3O.CH4.Br2.BrH.Na/c2*1-7(12)8-6-9(2,3)11-10(8,4)5;1-8(2)6(10)5(13)7(11)9(3,4)12-8;1-8(2)5-7(11)6-9(3,4)10-8;1-2(3)4;3*1-2;;1-2;;/h8,11H,6H2,1-5H3;6,11H,1-5H3;6-7,12H,1-4H3;10H,5-6H2,1-4H3;1H3,(H,3,4);2*2H,1H3;1H3;1H4;;1H;/q;;;;;;;-1;;;;+1. The molecule has 0 aromatic heterocycles. The number of piperidine rings is 2. The minimum absolute atomic E-state index is 0. The van der Waals surface area contributed by atoms with Crippen LogP contribution in [0.5, 0.6) is 0 Å². The Kier molecular flexibility index (Phi) is 44.1. The van der Waals surface area contributed by atoms with Crippen LogP contribution in [-0.2, 0) is 24.0 Å². The van der Waals surface area contributed by atoms with E-state index in [0.29, 0.717) is 24.4 Å². The summed E-state index contributed by atoms with van der Waals surface area (Å²) < 4.78 is 0. The van der Waals surface area contributed by atoms with Crippen LogP contribution in [0.15, 0.2) is 11.6 Å². The molecule has 0 aliphatic carbocycles. The van der Waals surface area contributed by atoms with Crippen molar-refractivity contribution in [1.82, 2.24) is 21.3 Å². The number of carbonyl (C=O) groups is 5. The molecule has 4 heterocycles. The Morgan fingerprint density at radius 2 is 0.952 bits per heavy atom. The third-order valence-electron chi connectivity index (χ3n) is 9.30. The Morgan fingerprint density at radius 1 is 0.635 bits per heavy atom. The van der Waals surface area contributed by atoms with Gasteiger partial charge in [0.05, 0.1) is 9.65 Å². The number of carbonyl (C=O) groups excluding carboxylic acids is 4. The molecule has 0 amide bonds. The minimum atomic E-state index is -0.833. The summed E-state index contributed by atoms with van der Waals surface area (Å²) in [4.78, 5) is 54.4. The molecule has 13 nitrogen and oxygen atoms in total. The number of ketones is 4. The van der Waals surface area contributed by atoms with Crippen molar-refractivity contribution in [1.29, 1.82) is 0 Å². The first-order valence-corrected chi connectivity index (χ1v) is 25.2. The summed E-state index contributed by atoms with van der Waals surface area (Å²) in [5.74, 6) is 0.399. The molecule has 0 spiro atoms. The van der Waals surface area contributed by atoms with Crippen LogP contribution in [0.4, 0.5) is 0 Å². The second kappa shape index (κ2) is 34.3. The van der Waals surface area contributed by atoms with E-state index in [1.54, 1.807) is 13.8 Å². The predicted octanol–water partition coefficient (Wildman–Crippen LogP) is 5.34. The first-order valence-electron chi connectivity index (χ1n) is 19.6. The number of halogens is 5. The number of carboxylic acid groups (broad SMARTS) is 1. The van der Waals surface area contributed by atoms with Crippen LogP contribution in [0.25, 0.3) is 0 Å². The van der Waals surface area contributed by atoms with Gasteiger partial charge in [-0.15, -0.1) is 17.0 Å². The Labute approximate surface area is 448 Å². The van der Waals surface area contributed by atoms with Crippen molar-refractivity contribution < 1.29 is 74.0 Å². The van der Waals surface area contributed by atoms with Crippen LogP contribution in [0.3, 0.4) is 0 Å². The summed E-state index contributed by atoms with van der Waals surface area (Å²) in [5, 5.41) is 43.4. The number of aliphatic carboxylic acids is 1. The van der Waals surface area contributed by atoms with E-state index in [1.807, 2.05) is 47.6 Å². The topological polar surface area (TPSA) is 217 Å². The smallest absolute Gasteiger partial charge is 0.857 e. The SMILES string of the molecule is Br.BrBr.C.CC(=O)C1=CC(C)(C)NC1(C)C.CC(=O)C1CC(C)(C)NC1(C)C.CC(=O)O.CC1(C)CC(=O)CC(C)(C)N1.CC1(C)NC(C)(C)C(Br)C(=O)C1Br.CO.CO.C[O-].[Na+]. The summed E-state index contributed by atoms with van der Waals surface area (Å²) in [6.45, 7) is 37.6. The van der Waals surface area contributed by atoms with Gasteiger partial charge in [0.1, 0.15) is 11.6 Å². The number of nitrogens with one attached hydrogen (secondary N) is 4. The molecular formula is C44H88Br5N4NaO9. The number of carboxylic acids is 1. The van der Waals surface area contributed by atoms with E-state index in [0.717, 1.165) is 40.2 Å². The van der Waals surface area contributed by atoms with E-state index < -0.39 is 5.97 Å². The molecule has 63 heavy (non-hydrogen) atoms. The Bertz CT molecular complexity index is 1350. The van der Waals surface area contributed by atoms with Crippen LogP contribution in [0.2, 0.25) is 0 Å². The monoisotopic (exact) mass is 1230 g/mol. The maximum atomic E-state index is 11.8. The summed E-state index contributed by atoms with van der Waals surface area (Å²) in [7, 11) is 2.75. The molecule has 374 valence electrons. The fraction of sp³-hybridized carbons (Fsp3) is 0.841. The molecule has 19 heteroatoms. The second-order valence-electron chi connectivity index (χ2n) is 19.7. The van der Waals surface area contributed by atoms with Crippen molar-refractivity contribution in [2.75, 3.05) is 21.3 Å². The van der Waals surface area contributed by atoms with Gasteiger partial charge in [0.25, 0.3) is 5.97 Å². The van der Waals surface area contributed by atoms with Crippen molar-refractivity contribution in [2.45, 2.75) is 212 Å². The molecule has 0 aromatic rings. The van der Waals surface area contributed by atoms with Gasteiger partial charge in [-0.2, -0.15) is 7.11 Å². The van der Waals surface area contributed by atoms with Gasteiger partial charge in [0.2, 0.25) is 0 Å². The van der Waals surface area contributed by atoms with Crippen molar-refractivity contribution in [3.8, 4) is 0 Å². The second-order valence-corrected chi connectivity index (χ2v) is 21.5. The van der Waals surface area contributed by atoms with E-state index in [1.165, 1.54) is 0 Å². The average molecular weight is 1240 g/mol. The molecule has 4 aliphatic rings. The molecule has 3 saturated heterocycles. The van der Waals surface area contributed by atoms with Crippen LogP contribution >= 0.6 is 77.1 Å². The molecule has 3 unspecified atom stereocenters. The quantitative estimate of drug-likeness (QED) is 0.138. The van der Waals surface area contributed by atoms with Gasteiger partial charge in [-0.1, -0.05) is 45.4 Å². The van der Waals surface area contributed by atoms with Crippen LogP contribution in [-0.4, -0.2) is 120 Å². The van der Waals surface area contributed by atoms with E-state index in [-0.39, 0.29) is 125 Å². The summed E-state index contributed by atoms with van der Waals surface area (Å²) in [6, 6.07) is 0. The number of rotatable bonds is 2. The van der Waals surface area contributed by atoms with Gasteiger partial charge in [-0.05, 0) is 131 Å². The van der Waals surface area contributed by atoms with E-state index in [2.05, 4.69) is 151 Å². The fourth-order valence-corrected chi connectivity index (χ4v) is 9.38. The van der Waals surface area contributed by atoms with Gasteiger partial charge >= 0.3 is 29.6 Å². The van der Waals surface area contributed by atoms with E-state index in [9.17, 15) is 19.2 Å². The average Bonchev–Trinajstić information content (AvgIpc) is 3.45. The third-order valence-corrected chi connectivity index (χ3v) is 12.5. The first-order chi connectivity index (χ1) is 26.7. The largest absolute Gasteiger partial charge is 1.00 e. The maximum Gasteiger partial charge on any atom is 1.00 e. The third kappa shape index (κ3) is 32.5. The molecule has 4 aliphatic heterocycles. The summed E-state index contributed by atoms with van der Waals surface area (Å²) >= 11 is 12.4. The molecule has 0 radical (unpaired) electrons. The van der Waals surface area contributed by atoms with Crippen molar-refractivity contribution in [3.05, 3.63) is 11.6 Å². The number of hydrogen-bond acceptors (Lipinski definition) is 12. The minimum Gasteiger partial charge on any atom is -0.857 e. The zero-order valence-corrected chi connectivity index (χ0v) is 52.2. The Morgan fingerprint density at radius 3 is 1.13 bits per heavy atom. The molecule has 0 saturated carbocycles. The predicted molar refractivity (Wildman–Crippen MR) is 278 cm³/mol. The molecule has 3 fully saturated rings. The molecule has 4 rings (SSSR count). The number of aliphatic hydroxyl groups is 2. The van der Waals surface area contributed by atoms with Gasteiger partial charge in [0.15, 0.2) is 11.6 Å². The van der Waals surface area contributed by atoms with E-state index in [4.69, 9.17) is 25.2 Å². The number of aliphatic hydroxyl groups excluding tert-OH is 2. The number of alkyl halides is 2. The zero-order chi connectivity index (χ0) is 49.9. The van der Waals surface area contributed by atoms with Crippen molar-refractivity contribution >= 4 is 106 Å². The first kappa shape index (κ1) is 81.0. The summed E-state index contributed by atoms with van der Waals surface area (Å²) in [5.41, 5.74) is 0.343. The van der Waals surface area contributed by atoms with Gasteiger partial charge in [0, 0.05) is 118 Å². The number of hydrogen-bond donors (Lipinski definition) is 7. The summed E-state index contributed by atoms with van der Waals surface area (Å²) in [6.07, 6.45) is 4.30. The van der Waals surface area contributed by atoms with Crippen molar-refractivity contribution in [3.63, 3.8) is 0 Å². The van der Waals surface area contributed by atoms with Gasteiger partial charge in [-0.25, -0.2) is 0 Å². The maximum absolute atomic E-state index is 11.8. The van der Waals surface area contributed by atoms with Gasteiger partial charge < -0.3 is 36.4 Å². The number of Topliss-reactive ketones (excluding diaryl/α,β-unsaturated/α-hetero) is 4. The molecule has 7 N–H and O–H groups in total. The van der Waals surface area contributed by atoms with Crippen LogP contribution in [0.1, 0.15) is 158 Å². The normalized spacial score (nSPS) is 24.4. The zero-order valence-electron chi connectivity index (χ0n) is 42.1. The van der Waals surface area contributed by atoms with Crippen LogP contribution < -0.4 is 55.9 Å². The van der Waals surface area contributed by atoms with E-state index >= 15 is 0 Å². The molecule has 0 aromatic carbocycles.